The van der Waals surface area contributed by atoms with E-state index in [2.05, 4.69) is 4.72 Å². The molecule has 0 amide bonds. The van der Waals surface area contributed by atoms with Gasteiger partial charge in [0.05, 0.1) is 17.5 Å². The summed E-state index contributed by atoms with van der Waals surface area (Å²) in [5, 5.41) is 0. The zero-order chi connectivity index (χ0) is 13.5. The first kappa shape index (κ1) is 13.1. The van der Waals surface area contributed by atoms with Gasteiger partial charge in [0, 0.05) is 0 Å². The molecule has 1 spiro atoms. The largest absolute Gasteiger partial charge is 0.368 e. The highest BCUT2D eigenvalue weighted by Crippen LogP contribution is 2.42. The summed E-state index contributed by atoms with van der Waals surface area (Å²) in [6, 6.07) is 6.87. The van der Waals surface area contributed by atoms with E-state index in [1.807, 2.05) is 19.1 Å². The van der Waals surface area contributed by atoms with Gasteiger partial charge in [0.15, 0.2) is 0 Å². The Hall–Kier alpha value is -0.910. The van der Waals surface area contributed by atoms with Crippen molar-refractivity contribution in [1.82, 2.24) is 4.72 Å². The van der Waals surface area contributed by atoms with Crippen molar-refractivity contribution in [2.45, 2.75) is 49.1 Å². The van der Waals surface area contributed by atoms with Crippen LogP contribution in [0.4, 0.5) is 0 Å². The standard InChI is InChI=1S/C14H19NO3S/c1-11-5-7-12(8-6-11)19(16,17)15-13-4-2-3-9-14(13)10-18-14/h5-8,13,15H,2-4,9-10H2,1H3/t13-,14+/m1/s1. The zero-order valence-electron chi connectivity index (χ0n) is 11.1. The number of rotatable bonds is 3. The summed E-state index contributed by atoms with van der Waals surface area (Å²) in [5.41, 5.74) is 0.842. The van der Waals surface area contributed by atoms with Crippen molar-refractivity contribution in [2.75, 3.05) is 6.61 Å². The van der Waals surface area contributed by atoms with Crippen LogP contribution >= 0.6 is 0 Å². The maximum absolute atomic E-state index is 12.4. The maximum atomic E-state index is 12.4. The molecule has 1 aromatic rings. The Labute approximate surface area is 114 Å². The lowest BCUT2D eigenvalue weighted by molar-refractivity contribution is 0.197. The fourth-order valence-corrected chi connectivity index (χ4v) is 4.12. The van der Waals surface area contributed by atoms with Gasteiger partial charge in [0.1, 0.15) is 5.60 Å². The third-order valence-corrected chi connectivity index (χ3v) is 5.61. The first-order chi connectivity index (χ1) is 9.02. The predicted molar refractivity (Wildman–Crippen MR) is 72.4 cm³/mol. The van der Waals surface area contributed by atoms with E-state index in [0.717, 1.165) is 31.2 Å². The Morgan fingerprint density at radius 3 is 2.58 bits per heavy atom. The van der Waals surface area contributed by atoms with E-state index in [1.165, 1.54) is 0 Å². The molecule has 2 aliphatic rings. The summed E-state index contributed by atoms with van der Waals surface area (Å²) >= 11 is 0. The molecule has 1 N–H and O–H groups in total. The Morgan fingerprint density at radius 2 is 1.95 bits per heavy atom. The normalized spacial score (nSPS) is 30.5. The number of aryl methyl sites for hydroxylation is 1. The molecule has 0 bridgehead atoms. The molecule has 5 heteroatoms. The van der Waals surface area contributed by atoms with Gasteiger partial charge in [-0.1, -0.05) is 30.5 Å². The van der Waals surface area contributed by atoms with Crippen LogP contribution in [0.25, 0.3) is 0 Å². The molecule has 1 aromatic carbocycles. The number of sulfonamides is 1. The SMILES string of the molecule is Cc1ccc(S(=O)(=O)N[C@@H]2CCCC[C@]23CO3)cc1. The van der Waals surface area contributed by atoms with Gasteiger partial charge in [0.2, 0.25) is 10.0 Å². The van der Waals surface area contributed by atoms with E-state index in [4.69, 9.17) is 4.74 Å². The van der Waals surface area contributed by atoms with Gasteiger partial charge in [-0.15, -0.1) is 0 Å². The predicted octanol–water partition coefficient (Wildman–Crippen LogP) is 1.98. The molecular weight excluding hydrogens is 262 g/mol. The fraction of sp³-hybridized carbons (Fsp3) is 0.571. The lowest BCUT2D eigenvalue weighted by Gasteiger charge is -2.29. The average molecular weight is 281 g/mol. The van der Waals surface area contributed by atoms with E-state index in [-0.39, 0.29) is 11.6 Å². The highest BCUT2D eigenvalue weighted by atomic mass is 32.2. The lowest BCUT2D eigenvalue weighted by Crippen LogP contribution is -2.47. The first-order valence-corrected chi connectivity index (χ1v) is 8.23. The van der Waals surface area contributed by atoms with Gasteiger partial charge in [0.25, 0.3) is 0 Å². The molecule has 0 aromatic heterocycles. The molecule has 1 saturated heterocycles. The molecule has 1 heterocycles. The van der Waals surface area contributed by atoms with Crippen LogP contribution < -0.4 is 4.72 Å². The van der Waals surface area contributed by atoms with Crippen molar-refractivity contribution >= 4 is 10.0 Å². The number of epoxide rings is 1. The number of nitrogens with one attached hydrogen (secondary N) is 1. The third kappa shape index (κ3) is 2.55. The summed E-state index contributed by atoms with van der Waals surface area (Å²) in [6.07, 6.45) is 4.02. The van der Waals surface area contributed by atoms with Crippen molar-refractivity contribution in [1.29, 1.82) is 0 Å². The van der Waals surface area contributed by atoms with Crippen molar-refractivity contribution in [2.24, 2.45) is 0 Å². The second-order valence-electron chi connectivity index (χ2n) is 5.59. The Kier molecular flexibility index (Phi) is 3.15. The summed E-state index contributed by atoms with van der Waals surface area (Å²) in [5.74, 6) is 0. The molecule has 104 valence electrons. The zero-order valence-corrected chi connectivity index (χ0v) is 11.9. The van der Waals surface area contributed by atoms with Gasteiger partial charge in [-0.05, 0) is 31.9 Å². The monoisotopic (exact) mass is 281 g/mol. The van der Waals surface area contributed by atoms with Crippen LogP contribution in [0, 0.1) is 6.92 Å². The van der Waals surface area contributed by atoms with Crippen LogP contribution in [0.15, 0.2) is 29.2 Å². The molecule has 0 unspecified atom stereocenters. The van der Waals surface area contributed by atoms with Crippen LogP contribution in [0.1, 0.15) is 31.2 Å². The summed E-state index contributed by atoms with van der Waals surface area (Å²) in [7, 11) is -3.44. The summed E-state index contributed by atoms with van der Waals surface area (Å²) in [4.78, 5) is 0.333. The van der Waals surface area contributed by atoms with Gasteiger partial charge < -0.3 is 4.74 Å². The molecule has 1 aliphatic heterocycles. The molecule has 0 radical (unpaired) electrons. The van der Waals surface area contributed by atoms with E-state index in [0.29, 0.717) is 11.5 Å². The molecule has 19 heavy (non-hydrogen) atoms. The van der Waals surface area contributed by atoms with E-state index < -0.39 is 10.0 Å². The molecule has 2 atom stereocenters. The quantitative estimate of drug-likeness (QED) is 0.862. The van der Waals surface area contributed by atoms with Crippen LogP contribution in [0.3, 0.4) is 0 Å². The van der Waals surface area contributed by atoms with Crippen LogP contribution in [0.5, 0.6) is 0 Å². The minimum Gasteiger partial charge on any atom is -0.368 e. The number of ether oxygens (including phenoxy) is 1. The van der Waals surface area contributed by atoms with E-state index in [1.54, 1.807) is 12.1 Å². The highest BCUT2D eigenvalue weighted by molar-refractivity contribution is 7.89. The third-order valence-electron chi connectivity index (χ3n) is 4.12. The van der Waals surface area contributed by atoms with E-state index >= 15 is 0 Å². The topological polar surface area (TPSA) is 58.7 Å². The minimum absolute atomic E-state index is 0.0763. The molecule has 2 fully saturated rings. The average Bonchev–Trinajstić information content (AvgIpc) is 3.13. The maximum Gasteiger partial charge on any atom is 0.240 e. The molecule has 1 aliphatic carbocycles. The Balaban J connectivity index is 1.79. The van der Waals surface area contributed by atoms with Crippen LogP contribution in [-0.2, 0) is 14.8 Å². The summed E-state index contributed by atoms with van der Waals surface area (Å²) < 4.78 is 33.1. The first-order valence-electron chi connectivity index (χ1n) is 6.75. The number of hydrogen-bond donors (Lipinski definition) is 1. The van der Waals surface area contributed by atoms with Gasteiger partial charge in [-0.2, -0.15) is 0 Å². The van der Waals surface area contributed by atoms with Crippen molar-refractivity contribution < 1.29 is 13.2 Å². The molecule has 4 nitrogen and oxygen atoms in total. The van der Waals surface area contributed by atoms with E-state index in [9.17, 15) is 8.42 Å². The summed E-state index contributed by atoms with van der Waals surface area (Å²) in [6.45, 7) is 2.63. The number of hydrogen-bond acceptors (Lipinski definition) is 3. The molecule has 1 saturated carbocycles. The van der Waals surface area contributed by atoms with Gasteiger partial charge >= 0.3 is 0 Å². The van der Waals surface area contributed by atoms with Crippen molar-refractivity contribution in [3.63, 3.8) is 0 Å². The van der Waals surface area contributed by atoms with Gasteiger partial charge in [-0.25, -0.2) is 13.1 Å². The second kappa shape index (κ2) is 4.58. The van der Waals surface area contributed by atoms with Crippen molar-refractivity contribution in [3.8, 4) is 0 Å². The fourth-order valence-electron chi connectivity index (χ4n) is 2.79. The van der Waals surface area contributed by atoms with Crippen LogP contribution in [-0.4, -0.2) is 26.7 Å². The minimum atomic E-state index is -3.44. The number of benzene rings is 1. The Morgan fingerprint density at radius 1 is 1.26 bits per heavy atom. The lowest BCUT2D eigenvalue weighted by atomic mass is 9.85. The van der Waals surface area contributed by atoms with Crippen LogP contribution in [0.2, 0.25) is 0 Å². The highest BCUT2D eigenvalue weighted by Gasteiger charge is 2.53. The van der Waals surface area contributed by atoms with Gasteiger partial charge in [-0.3, -0.25) is 0 Å². The molecular formula is C14H19NO3S. The second-order valence-corrected chi connectivity index (χ2v) is 7.30. The van der Waals surface area contributed by atoms with Crippen molar-refractivity contribution in [3.05, 3.63) is 29.8 Å². The Bertz CT molecular complexity index is 561. The smallest absolute Gasteiger partial charge is 0.240 e. The molecule has 3 rings (SSSR count).